The lowest BCUT2D eigenvalue weighted by molar-refractivity contribution is -0.158. The minimum atomic E-state index is -1.19. The highest BCUT2D eigenvalue weighted by molar-refractivity contribution is 5.81. The normalized spacial score (nSPS) is 10.8. The molecule has 0 saturated heterocycles. The number of carbonyl (C=O) groups is 2. The highest BCUT2D eigenvalue weighted by Crippen LogP contribution is 1.98. The lowest BCUT2D eigenvalue weighted by Crippen LogP contribution is -2.43. The quantitative estimate of drug-likeness (QED) is 0.537. The van der Waals surface area contributed by atoms with E-state index in [1.165, 1.54) is 13.8 Å². The van der Waals surface area contributed by atoms with Gasteiger partial charge < -0.3 is 15.6 Å². The number of nitrogens with two attached hydrogens (primary N) is 1. The van der Waals surface area contributed by atoms with Crippen LogP contribution in [0.15, 0.2) is 0 Å². The predicted octanol–water partition coefficient (Wildman–Crippen LogP) is -0.648. The molecule has 0 spiro atoms. The Hall–Kier alpha value is -1.10. The Morgan fingerprint density at radius 3 is 2.27 bits per heavy atom. The molecule has 5 nitrogen and oxygen atoms in total. The van der Waals surface area contributed by atoms with Gasteiger partial charge in [0.15, 0.2) is 6.61 Å². The molecule has 0 unspecified atom stereocenters. The van der Waals surface area contributed by atoms with Crippen LogP contribution in [-0.2, 0) is 14.3 Å². The van der Waals surface area contributed by atoms with Gasteiger partial charge in [-0.1, -0.05) is 0 Å². The third-order valence-electron chi connectivity index (χ3n) is 0.853. The molecule has 0 aliphatic rings. The zero-order valence-electron chi connectivity index (χ0n) is 6.46. The van der Waals surface area contributed by atoms with Crippen LogP contribution in [0, 0.1) is 0 Å². The van der Waals surface area contributed by atoms with Crippen molar-refractivity contribution in [2.45, 2.75) is 19.4 Å². The van der Waals surface area contributed by atoms with E-state index in [0.29, 0.717) is 0 Å². The van der Waals surface area contributed by atoms with Gasteiger partial charge in [0.2, 0.25) is 0 Å². The van der Waals surface area contributed by atoms with Crippen LogP contribution in [0.1, 0.15) is 13.8 Å². The first-order valence-corrected chi connectivity index (χ1v) is 3.02. The summed E-state index contributed by atoms with van der Waals surface area (Å²) >= 11 is 0. The van der Waals surface area contributed by atoms with E-state index in [1.807, 2.05) is 0 Å². The molecule has 0 amide bonds. The maximum Gasteiger partial charge on any atom is 0.341 e. The monoisotopic (exact) mass is 161 g/mol. The second kappa shape index (κ2) is 3.34. The van der Waals surface area contributed by atoms with Crippen LogP contribution in [0.25, 0.3) is 0 Å². The van der Waals surface area contributed by atoms with E-state index in [2.05, 4.69) is 4.74 Å². The number of carboxylic acids is 1. The minimum absolute atomic E-state index is 0.639. The molecule has 0 bridgehead atoms. The first-order valence-electron chi connectivity index (χ1n) is 3.02. The Morgan fingerprint density at radius 1 is 1.55 bits per heavy atom. The Morgan fingerprint density at radius 2 is 2.00 bits per heavy atom. The number of hydrogen-bond donors (Lipinski definition) is 2. The standard InChI is InChI=1S/C6H11NO4/c1-6(2,7)5(10)11-3-4(8)9/h3,7H2,1-2H3,(H,8,9). The van der Waals surface area contributed by atoms with Gasteiger partial charge in [-0.05, 0) is 13.8 Å². The van der Waals surface area contributed by atoms with Gasteiger partial charge in [0, 0.05) is 0 Å². The van der Waals surface area contributed by atoms with Gasteiger partial charge >= 0.3 is 11.9 Å². The summed E-state index contributed by atoms with van der Waals surface area (Å²) in [4.78, 5) is 20.7. The van der Waals surface area contributed by atoms with Gasteiger partial charge in [-0.25, -0.2) is 4.79 Å². The maximum absolute atomic E-state index is 10.8. The van der Waals surface area contributed by atoms with Crippen LogP contribution in [-0.4, -0.2) is 29.2 Å². The fraction of sp³-hybridized carbons (Fsp3) is 0.667. The van der Waals surface area contributed by atoms with Crippen molar-refractivity contribution in [2.75, 3.05) is 6.61 Å². The van der Waals surface area contributed by atoms with Gasteiger partial charge in [0.1, 0.15) is 5.54 Å². The van der Waals surface area contributed by atoms with Crippen molar-refractivity contribution in [1.29, 1.82) is 0 Å². The zero-order valence-corrected chi connectivity index (χ0v) is 6.46. The van der Waals surface area contributed by atoms with Crippen molar-refractivity contribution < 1.29 is 19.4 Å². The van der Waals surface area contributed by atoms with E-state index < -0.39 is 24.1 Å². The van der Waals surface area contributed by atoms with Crippen molar-refractivity contribution in [3.05, 3.63) is 0 Å². The lowest BCUT2D eigenvalue weighted by atomic mass is 10.1. The summed E-state index contributed by atoms with van der Waals surface area (Å²) in [5.41, 5.74) is 4.17. The van der Waals surface area contributed by atoms with E-state index in [1.54, 1.807) is 0 Å². The van der Waals surface area contributed by atoms with Crippen LogP contribution in [0.2, 0.25) is 0 Å². The molecule has 0 aliphatic carbocycles. The molecule has 0 aromatic carbocycles. The van der Waals surface area contributed by atoms with E-state index in [0.717, 1.165) is 0 Å². The Labute approximate surface area is 64.1 Å². The number of esters is 1. The summed E-state index contributed by atoms with van der Waals surface area (Å²) in [5.74, 6) is -1.91. The number of ether oxygens (including phenoxy) is 1. The highest BCUT2D eigenvalue weighted by Gasteiger charge is 2.24. The van der Waals surface area contributed by atoms with Crippen LogP contribution < -0.4 is 5.73 Å². The number of carbonyl (C=O) groups excluding carboxylic acids is 1. The summed E-state index contributed by atoms with van der Waals surface area (Å²) in [5, 5.41) is 8.11. The molecule has 0 saturated carbocycles. The lowest BCUT2D eigenvalue weighted by Gasteiger charge is -2.15. The van der Waals surface area contributed by atoms with Crippen molar-refractivity contribution >= 4 is 11.9 Å². The van der Waals surface area contributed by atoms with Crippen molar-refractivity contribution in [1.82, 2.24) is 0 Å². The van der Waals surface area contributed by atoms with E-state index >= 15 is 0 Å². The first kappa shape index (κ1) is 9.90. The number of aliphatic carboxylic acids is 1. The molecule has 0 fully saturated rings. The predicted molar refractivity (Wildman–Crippen MR) is 36.9 cm³/mol. The molecule has 0 rings (SSSR count). The van der Waals surface area contributed by atoms with E-state index in [4.69, 9.17) is 10.8 Å². The molecular weight excluding hydrogens is 150 g/mol. The topological polar surface area (TPSA) is 89.6 Å². The van der Waals surface area contributed by atoms with Gasteiger partial charge in [0.05, 0.1) is 0 Å². The van der Waals surface area contributed by atoms with Crippen molar-refractivity contribution in [3.63, 3.8) is 0 Å². The SMILES string of the molecule is CC(C)(N)C(=O)OCC(=O)O. The number of carboxylic acid groups (broad SMARTS) is 1. The van der Waals surface area contributed by atoms with Gasteiger partial charge in [-0.2, -0.15) is 0 Å². The molecule has 0 aliphatic heterocycles. The Balaban J connectivity index is 3.80. The highest BCUT2D eigenvalue weighted by atomic mass is 16.6. The maximum atomic E-state index is 10.8. The van der Waals surface area contributed by atoms with Crippen molar-refractivity contribution in [3.8, 4) is 0 Å². The van der Waals surface area contributed by atoms with Crippen LogP contribution >= 0.6 is 0 Å². The van der Waals surface area contributed by atoms with E-state index in [9.17, 15) is 9.59 Å². The summed E-state index contributed by atoms with van der Waals surface area (Å²) in [6.07, 6.45) is 0. The summed E-state index contributed by atoms with van der Waals surface area (Å²) in [6, 6.07) is 0. The largest absolute Gasteiger partial charge is 0.479 e. The summed E-state index contributed by atoms with van der Waals surface area (Å²) in [6.45, 7) is 2.24. The van der Waals surface area contributed by atoms with Crippen LogP contribution in [0.3, 0.4) is 0 Å². The third-order valence-corrected chi connectivity index (χ3v) is 0.853. The first-order chi connectivity index (χ1) is 4.84. The van der Waals surface area contributed by atoms with Gasteiger partial charge in [0.25, 0.3) is 0 Å². The fourth-order valence-corrected chi connectivity index (χ4v) is 0.313. The fourth-order valence-electron chi connectivity index (χ4n) is 0.313. The molecule has 5 heteroatoms. The third kappa shape index (κ3) is 4.32. The molecule has 0 atom stereocenters. The van der Waals surface area contributed by atoms with Crippen LogP contribution in [0.4, 0.5) is 0 Å². The molecule has 0 radical (unpaired) electrons. The molecule has 0 aromatic heterocycles. The molecule has 64 valence electrons. The minimum Gasteiger partial charge on any atom is -0.479 e. The van der Waals surface area contributed by atoms with E-state index in [-0.39, 0.29) is 0 Å². The average molecular weight is 161 g/mol. The summed E-state index contributed by atoms with van der Waals surface area (Å²) < 4.78 is 4.30. The van der Waals surface area contributed by atoms with Crippen molar-refractivity contribution in [2.24, 2.45) is 5.73 Å². The molecule has 3 N–H and O–H groups in total. The second-order valence-electron chi connectivity index (χ2n) is 2.69. The Bertz CT molecular complexity index is 170. The summed E-state index contributed by atoms with van der Waals surface area (Å²) in [7, 11) is 0. The average Bonchev–Trinajstić information content (AvgIpc) is 1.80. The number of hydrogen-bond acceptors (Lipinski definition) is 4. The zero-order chi connectivity index (χ0) is 9.07. The molecular formula is C6H11NO4. The van der Waals surface area contributed by atoms with Gasteiger partial charge in [-0.3, -0.25) is 4.79 Å². The molecule has 0 heterocycles. The van der Waals surface area contributed by atoms with Crippen LogP contribution in [0.5, 0.6) is 0 Å². The number of rotatable bonds is 3. The molecule has 0 aromatic rings. The van der Waals surface area contributed by atoms with Gasteiger partial charge in [-0.15, -0.1) is 0 Å². The second-order valence-corrected chi connectivity index (χ2v) is 2.69. The smallest absolute Gasteiger partial charge is 0.341 e. The Kier molecular flexibility index (Phi) is 3.00. The molecule has 11 heavy (non-hydrogen) atoms.